The quantitative estimate of drug-likeness (QED) is 0.170. The van der Waals surface area contributed by atoms with E-state index in [-0.39, 0.29) is 0 Å². The largest absolute Gasteiger partial charge is 0.310 e. The van der Waals surface area contributed by atoms with Gasteiger partial charge in [-0.3, -0.25) is 0 Å². The van der Waals surface area contributed by atoms with Crippen LogP contribution in [0.4, 0.5) is 17.1 Å². The van der Waals surface area contributed by atoms with Gasteiger partial charge in [0.05, 0.1) is 16.7 Å². The highest BCUT2D eigenvalue weighted by molar-refractivity contribution is 7.26. The lowest BCUT2D eigenvalue weighted by Crippen LogP contribution is -2.10. The van der Waals surface area contributed by atoms with Crippen molar-refractivity contribution in [1.82, 2.24) is 4.57 Å². The van der Waals surface area contributed by atoms with Crippen molar-refractivity contribution in [2.24, 2.45) is 0 Å². The van der Waals surface area contributed by atoms with Gasteiger partial charge in [-0.15, -0.1) is 11.3 Å². The average molecular weight is 743 g/mol. The van der Waals surface area contributed by atoms with Crippen molar-refractivity contribution < 1.29 is 0 Å². The van der Waals surface area contributed by atoms with Crippen LogP contribution in [0, 0.1) is 0 Å². The van der Waals surface area contributed by atoms with Crippen LogP contribution in [-0.4, -0.2) is 4.57 Å². The average Bonchev–Trinajstić information content (AvgIpc) is 3.84. The Morgan fingerprint density at radius 1 is 0.386 bits per heavy atom. The first kappa shape index (κ1) is 32.1. The summed E-state index contributed by atoms with van der Waals surface area (Å²) in [5.41, 5.74) is 9.35. The Kier molecular flexibility index (Phi) is 7.13. The summed E-state index contributed by atoms with van der Waals surface area (Å²) in [6.07, 6.45) is 0. The van der Waals surface area contributed by atoms with E-state index in [0.717, 1.165) is 17.1 Å². The zero-order valence-electron chi connectivity index (χ0n) is 30.9. The number of anilines is 3. The number of nitrogens with zero attached hydrogens (tertiary/aromatic N) is 2. The summed E-state index contributed by atoms with van der Waals surface area (Å²) in [4.78, 5) is 2.47. The van der Waals surface area contributed by atoms with Gasteiger partial charge in [0.25, 0.3) is 0 Å². The Morgan fingerprint density at radius 2 is 1.02 bits per heavy atom. The highest BCUT2D eigenvalue weighted by atomic mass is 32.1. The molecule has 0 radical (unpaired) electrons. The van der Waals surface area contributed by atoms with E-state index in [2.05, 4.69) is 216 Å². The molecule has 0 spiro atoms. The van der Waals surface area contributed by atoms with Crippen LogP contribution in [-0.2, 0) is 0 Å². The van der Waals surface area contributed by atoms with E-state index in [0.29, 0.717) is 0 Å². The SMILES string of the molecule is c1ccc(-n2c3cc(N(c4ccc(-c5ccc6ccccc6c5)cc4)c4cccc5sc6c7ccccc7ccc6c45)ccc3c3ccc4ccccc4c32)cc1. The highest BCUT2D eigenvalue weighted by Gasteiger charge is 2.22. The fourth-order valence-corrected chi connectivity index (χ4v) is 10.3. The zero-order valence-corrected chi connectivity index (χ0v) is 31.7. The minimum atomic E-state index is 1.11. The third-order valence-electron chi connectivity index (χ3n) is 11.7. The van der Waals surface area contributed by atoms with Gasteiger partial charge in [-0.25, -0.2) is 0 Å². The Balaban J connectivity index is 1.12. The van der Waals surface area contributed by atoms with Crippen LogP contribution in [0.25, 0.3) is 91.1 Å². The molecule has 10 aromatic carbocycles. The van der Waals surface area contributed by atoms with Crippen molar-refractivity contribution in [3.8, 4) is 16.8 Å². The Bertz CT molecular complexity index is 3520. The van der Waals surface area contributed by atoms with Crippen LogP contribution in [0.1, 0.15) is 0 Å². The second-order valence-corrected chi connectivity index (χ2v) is 16.0. The Morgan fingerprint density at radius 3 is 1.84 bits per heavy atom. The maximum atomic E-state index is 2.47. The molecule has 0 fully saturated rings. The molecule has 0 aliphatic rings. The van der Waals surface area contributed by atoms with Gasteiger partial charge in [-0.2, -0.15) is 0 Å². The van der Waals surface area contributed by atoms with Crippen LogP contribution in [0.3, 0.4) is 0 Å². The molecule has 0 saturated carbocycles. The van der Waals surface area contributed by atoms with Gasteiger partial charge < -0.3 is 9.47 Å². The van der Waals surface area contributed by atoms with E-state index >= 15 is 0 Å². The Labute approximate surface area is 333 Å². The van der Waals surface area contributed by atoms with Crippen molar-refractivity contribution in [3.05, 3.63) is 206 Å². The topological polar surface area (TPSA) is 8.17 Å². The summed E-state index contributed by atoms with van der Waals surface area (Å²) in [6.45, 7) is 0. The summed E-state index contributed by atoms with van der Waals surface area (Å²) in [5.74, 6) is 0. The van der Waals surface area contributed by atoms with E-state index in [1.165, 1.54) is 91.1 Å². The minimum absolute atomic E-state index is 1.11. The highest BCUT2D eigenvalue weighted by Crippen LogP contribution is 2.48. The molecular weight excluding hydrogens is 709 g/mol. The number of benzene rings is 10. The number of rotatable bonds is 5. The first-order chi connectivity index (χ1) is 28.3. The van der Waals surface area contributed by atoms with E-state index in [1.54, 1.807) is 0 Å². The second-order valence-electron chi connectivity index (χ2n) is 14.9. The summed E-state index contributed by atoms with van der Waals surface area (Å²) < 4.78 is 5.07. The molecule has 12 aromatic rings. The van der Waals surface area contributed by atoms with Gasteiger partial charge in [0.2, 0.25) is 0 Å². The van der Waals surface area contributed by atoms with Gasteiger partial charge in [0.15, 0.2) is 0 Å². The van der Waals surface area contributed by atoms with Crippen LogP contribution < -0.4 is 4.90 Å². The fraction of sp³-hybridized carbons (Fsp3) is 0. The summed E-state index contributed by atoms with van der Waals surface area (Å²) in [6, 6.07) is 75.8. The molecule has 2 nitrogen and oxygen atoms in total. The molecule has 0 bridgehead atoms. The third-order valence-corrected chi connectivity index (χ3v) is 12.9. The van der Waals surface area contributed by atoms with Crippen LogP contribution in [0.5, 0.6) is 0 Å². The molecule has 0 N–H and O–H groups in total. The molecule has 57 heavy (non-hydrogen) atoms. The Hall–Kier alpha value is -7.20. The van der Waals surface area contributed by atoms with Crippen LogP contribution in [0.2, 0.25) is 0 Å². The lowest BCUT2D eigenvalue weighted by atomic mass is 10.0. The van der Waals surface area contributed by atoms with Crippen molar-refractivity contribution in [3.63, 3.8) is 0 Å². The number of fused-ring (bicyclic) bond motifs is 11. The summed E-state index contributed by atoms with van der Waals surface area (Å²) >= 11 is 1.89. The molecule has 0 atom stereocenters. The standard InChI is InChI=1S/C54H34N2S/c1-2-15-41(16-3-1)56-50-34-43(29-32-46(50)47-30-25-37-12-6-8-17-44(37)53(47)56)55(42-27-23-36(24-28-42)40-22-21-35-11-4-5-14-39(35)33-40)49-19-10-20-51-52(49)48-31-26-38-13-7-9-18-45(38)54(48)57-51/h1-34H. The number of aromatic nitrogens is 1. The number of thiophene rings is 1. The summed E-state index contributed by atoms with van der Waals surface area (Å²) in [5, 5.41) is 12.6. The molecule has 2 heterocycles. The molecule has 0 aliphatic heterocycles. The molecular formula is C54H34N2S. The van der Waals surface area contributed by atoms with Gasteiger partial charge in [-0.05, 0) is 92.7 Å². The predicted molar refractivity (Wildman–Crippen MR) is 246 cm³/mol. The summed E-state index contributed by atoms with van der Waals surface area (Å²) in [7, 11) is 0. The van der Waals surface area contributed by atoms with Crippen molar-refractivity contribution in [2.75, 3.05) is 4.90 Å². The lowest BCUT2D eigenvalue weighted by molar-refractivity contribution is 1.18. The van der Waals surface area contributed by atoms with Gasteiger partial charge in [-0.1, -0.05) is 152 Å². The maximum Gasteiger partial charge on any atom is 0.0619 e. The number of hydrogen-bond acceptors (Lipinski definition) is 2. The molecule has 266 valence electrons. The van der Waals surface area contributed by atoms with E-state index in [1.807, 2.05) is 11.3 Å². The smallest absolute Gasteiger partial charge is 0.0619 e. The lowest BCUT2D eigenvalue weighted by Gasteiger charge is -2.27. The van der Waals surface area contributed by atoms with Crippen molar-refractivity contribution in [2.45, 2.75) is 0 Å². The van der Waals surface area contributed by atoms with E-state index in [4.69, 9.17) is 0 Å². The van der Waals surface area contributed by atoms with E-state index < -0.39 is 0 Å². The first-order valence-corrected chi connectivity index (χ1v) is 20.3. The molecule has 3 heteroatoms. The van der Waals surface area contributed by atoms with Gasteiger partial charge in [0.1, 0.15) is 0 Å². The molecule has 2 aromatic heterocycles. The monoisotopic (exact) mass is 742 g/mol. The van der Waals surface area contributed by atoms with Gasteiger partial charge in [0, 0.05) is 53.4 Å². The molecule has 0 amide bonds. The zero-order chi connectivity index (χ0) is 37.5. The van der Waals surface area contributed by atoms with E-state index in [9.17, 15) is 0 Å². The third kappa shape index (κ3) is 5.03. The predicted octanol–water partition coefficient (Wildman–Crippen LogP) is 15.7. The fourth-order valence-electron chi connectivity index (χ4n) is 9.07. The minimum Gasteiger partial charge on any atom is -0.310 e. The molecule has 0 aliphatic carbocycles. The number of hydrogen-bond donors (Lipinski definition) is 0. The first-order valence-electron chi connectivity index (χ1n) is 19.5. The van der Waals surface area contributed by atoms with Crippen molar-refractivity contribution >= 4 is 103 Å². The molecule has 0 unspecified atom stereocenters. The normalized spacial score (nSPS) is 11.9. The van der Waals surface area contributed by atoms with Gasteiger partial charge >= 0.3 is 0 Å². The molecule has 0 saturated heterocycles. The second kappa shape index (κ2) is 12.7. The van der Waals surface area contributed by atoms with Crippen LogP contribution >= 0.6 is 11.3 Å². The number of para-hydroxylation sites is 1. The molecule has 12 rings (SSSR count). The van der Waals surface area contributed by atoms with Crippen LogP contribution in [0.15, 0.2) is 206 Å². The van der Waals surface area contributed by atoms with Crippen molar-refractivity contribution in [1.29, 1.82) is 0 Å². The maximum absolute atomic E-state index is 2.47.